The lowest BCUT2D eigenvalue weighted by atomic mass is 10.3. The maximum atomic E-state index is 4.34. The topological polar surface area (TPSA) is 25.2 Å². The molecule has 0 fully saturated rings. The van der Waals surface area contributed by atoms with E-state index < -0.39 is 0 Å². The zero-order chi connectivity index (χ0) is 10.5. The Hall–Kier alpha value is -1.96. The minimum absolute atomic E-state index is 0.888. The molecular weight excluding hydrogens is 184 g/mol. The van der Waals surface area contributed by atoms with Crippen molar-refractivity contribution in [2.75, 3.05) is 0 Å². The molecule has 15 heavy (non-hydrogen) atoms. The van der Waals surface area contributed by atoms with Crippen LogP contribution in [0.3, 0.4) is 0 Å². The SMILES string of the molecule is Cc1cccc(C=Nc2ccccc2)n1. The van der Waals surface area contributed by atoms with Gasteiger partial charge in [0, 0.05) is 5.69 Å². The van der Waals surface area contributed by atoms with Crippen LogP contribution < -0.4 is 0 Å². The summed E-state index contributed by atoms with van der Waals surface area (Å²) in [6.07, 6.45) is 1.78. The number of para-hydroxylation sites is 1. The summed E-state index contributed by atoms with van der Waals surface area (Å²) in [6, 6.07) is 15.7. The van der Waals surface area contributed by atoms with Crippen molar-refractivity contribution in [1.29, 1.82) is 0 Å². The average molecular weight is 196 g/mol. The predicted molar refractivity (Wildman–Crippen MR) is 62.7 cm³/mol. The van der Waals surface area contributed by atoms with Gasteiger partial charge in [0.15, 0.2) is 0 Å². The van der Waals surface area contributed by atoms with E-state index in [2.05, 4.69) is 9.98 Å². The molecule has 74 valence electrons. The second-order valence-electron chi connectivity index (χ2n) is 3.30. The van der Waals surface area contributed by atoms with Crippen LogP contribution >= 0.6 is 0 Å². The van der Waals surface area contributed by atoms with Gasteiger partial charge < -0.3 is 0 Å². The first-order chi connectivity index (χ1) is 7.34. The van der Waals surface area contributed by atoms with Crippen LogP contribution in [0.15, 0.2) is 53.5 Å². The lowest BCUT2D eigenvalue weighted by molar-refractivity contribution is 1.19. The molecule has 0 aliphatic heterocycles. The third kappa shape index (κ3) is 2.74. The van der Waals surface area contributed by atoms with Crippen LogP contribution in [-0.2, 0) is 0 Å². The molecule has 0 aliphatic rings. The van der Waals surface area contributed by atoms with Crippen molar-refractivity contribution in [3.8, 4) is 0 Å². The van der Waals surface area contributed by atoms with Gasteiger partial charge in [0.2, 0.25) is 0 Å². The zero-order valence-electron chi connectivity index (χ0n) is 8.59. The fourth-order valence-electron chi connectivity index (χ4n) is 1.29. The summed E-state index contributed by atoms with van der Waals surface area (Å²) in [4.78, 5) is 8.67. The van der Waals surface area contributed by atoms with Gasteiger partial charge in [-0.25, -0.2) is 0 Å². The number of hydrogen-bond donors (Lipinski definition) is 0. The fraction of sp³-hybridized carbons (Fsp3) is 0.0769. The Morgan fingerprint density at radius 1 is 1.00 bits per heavy atom. The predicted octanol–water partition coefficient (Wildman–Crippen LogP) is 3.14. The minimum atomic E-state index is 0.888. The quantitative estimate of drug-likeness (QED) is 0.677. The molecule has 0 saturated heterocycles. The average Bonchev–Trinajstić information content (AvgIpc) is 2.28. The second kappa shape index (κ2) is 4.51. The van der Waals surface area contributed by atoms with Gasteiger partial charge in [0.05, 0.1) is 17.6 Å². The number of rotatable bonds is 2. The van der Waals surface area contributed by atoms with Crippen molar-refractivity contribution in [3.63, 3.8) is 0 Å². The molecule has 1 heterocycles. The Bertz CT molecular complexity index is 461. The monoisotopic (exact) mass is 196 g/mol. The van der Waals surface area contributed by atoms with Gasteiger partial charge in [-0.3, -0.25) is 9.98 Å². The molecule has 0 bridgehead atoms. The Kier molecular flexibility index (Phi) is 2.88. The van der Waals surface area contributed by atoms with E-state index in [9.17, 15) is 0 Å². The second-order valence-corrected chi connectivity index (χ2v) is 3.30. The van der Waals surface area contributed by atoms with Crippen LogP contribution in [0.5, 0.6) is 0 Å². The van der Waals surface area contributed by atoms with Crippen molar-refractivity contribution in [2.45, 2.75) is 6.92 Å². The molecule has 0 radical (unpaired) electrons. The summed E-state index contributed by atoms with van der Waals surface area (Å²) >= 11 is 0. The van der Waals surface area contributed by atoms with E-state index in [4.69, 9.17) is 0 Å². The van der Waals surface area contributed by atoms with Gasteiger partial charge in [-0.2, -0.15) is 0 Å². The van der Waals surface area contributed by atoms with Crippen molar-refractivity contribution in [1.82, 2.24) is 4.98 Å². The molecule has 2 aromatic rings. The number of aromatic nitrogens is 1. The van der Waals surface area contributed by atoms with Gasteiger partial charge in [0.25, 0.3) is 0 Å². The maximum absolute atomic E-state index is 4.34. The van der Waals surface area contributed by atoms with E-state index in [0.29, 0.717) is 0 Å². The van der Waals surface area contributed by atoms with Gasteiger partial charge in [-0.15, -0.1) is 0 Å². The molecule has 2 heteroatoms. The summed E-state index contributed by atoms with van der Waals surface area (Å²) in [5, 5.41) is 0. The molecule has 0 unspecified atom stereocenters. The Morgan fingerprint density at radius 2 is 1.80 bits per heavy atom. The van der Waals surface area contributed by atoms with Crippen LogP contribution in [0.1, 0.15) is 11.4 Å². The number of aliphatic imine (C=N–C) groups is 1. The summed E-state index contributed by atoms with van der Waals surface area (Å²) in [7, 11) is 0. The van der Waals surface area contributed by atoms with Crippen LogP contribution in [0, 0.1) is 6.92 Å². The first-order valence-electron chi connectivity index (χ1n) is 4.87. The van der Waals surface area contributed by atoms with Crippen LogP contribution in [0.25, 0.3) is 0 Å². The molecule has 2 rings (SSSR count). The van der Waals surface area contributed by atoms with Crippen molar-refractivity contribution >= 4 is 11.9 Å². The molecule has 0 saturated carbocycles. The molecule has 1 aromatic carbocycles. The highest BCUT2D eigenvalue weighted by Crippen LogP contribution is 2.09. The first-order valence-corrected chi connectivity index (χ1v) is 4.87. The smallest absolute Gasteiger partial charge is 0.0815 e. The molecule has 1 aromatic heterocycles. The Morgan fingerprint density at radius 3 is 2.53 bits per heavy atom. The highest BCUT2D eigenvalue weighted by molar-refractivity contribution is 5.79. The standard InChI is InChI=1S/C13H12N2/c1-11-6-5-9-13(15-11)10-14-12-7-3-2-4-8-12/h2-10H,1H3. The number of aryl methyl sites for hydroxylation is 1. The Labute approximate surface area is 89.3 Å². The van der Waals surface area contributed by atoms with Gasteiger partial charge in [-0.1, -0.05) is 24.3 Å². The molecule has 0 amide bonds. The number of benzene rings is 1. The van der Waals surface area contributed by atoms with E-state index >= 15 is 0 Å². The van der Waals surface area contributed by atoms with Gasteiger partial charge in [0.1, 0.15) is 0 Å². The fourth-order valence-corrected chi connectivity index (χ4v) is 1.29. The van der Waals surface area contributed by atoms with E-state index in [-0.39, 0.29) is 0 Å². The number of hydrogen-bond acceptors (Lipinski definition) is 2. The van der Waals surface area contributed by atoms with Crippen LogP contribution in [0.4, 0.5) is 5.69 Å². The van der Waals surface area contributed by atoms with Crippen molar-refractivity contribution < 1.29 is 0 Å². The minimum Gasteiger partial charge on any atom is -0.255 e. The lowest BCUT2D eigenvalue weighted by Crippen LogP contribution is -1.88. The molecule has 0 spiro atoms. The van der Waals surface area contributed by atoms with Gasteiger partial charge in [-0.05, 0) is 31.2 Å². The van der Waals surface area contributed by atoms with Crippen LogP contribution in [-0.4, -0.2) is 11.2 Å². The third-order valence-electron chi connectivity index (χ3n) is 2.01. The van der Waals surface area contributed by atoms with E-state index in [0.717, 1.165) is 17.1 Å². The van der Waals surface area contributed by atoms with Gasteiger partial charge >= 0.3 is 0 Å². The van der Waals surface area contributed by atoms with Crippen molar-refractivity contribution in [3.05, 3.63) is 59.9 Å². The summed E-state index contributed by atoms with van der Waals surface area (Å²) in [5.41, 5.74) is 2.84. The first kappa shape index (κ1) is 9.59. The largest absolute Gasteiger partial charge is 0.255 e. The van der Waals surface area contributed by atoms with Crippen molar-refractivity contribution in [2.24, 2.45) is 4.99 Å². The summed E-state index contributed by atoms with van der Waals surface area (Å²) in [6.45, 7) is 1.97. The number of nitrogens with zero attached hydrogens (tertiary/aromatic N) is 2. The summed E-state index contributed by atoms with van der Waals surface area (Å²) < 4.78 is 0. The molecular formula is C13H12N2. The van der Waals surface area contributed by atoms with E-state index in [1.165, 1.54) is 0 Å². The molecule has 0 atom stereocenters. The third-order valence-corrected chi connectivity index (χ3v) is 2.01. The molecule has 2 nitrogen and oxygen atoms in total. The lowest BCUT2D eigenvalue weighted by Gasteiger charge is -1.94. The van der Waals surface area contributed by atoms with Crippen LogP contribution in [0.2, 0.25) is 0 Å². The normalized spacial score (nSPS) is 10.7. The zero-order valence-corrected chi connectivity index (χ0v) is 8.59. The maximum Gasteiger partial charge on any atom is 0.0815 e. The van der Waals surface area contributed by atoms with E-state index in [1.54, 1.807) is 6.21 Å². The molecule has 0 aliphatic carbocycles. The molecule has 0 N–H and O–H groups in total. The van der Waals surface area contributed by atoms with E-state index in [1.807, 2.05) is 55.5 Å². The summed E-state index contributed by atoms with van der Waals surface area (Å²) in [5.74, 6) is 0. The highest BCUT2D eigenvalue weighted by Gasteiger charge is 1.89. The Balaban J connectivity index is 2.19. The number of pyridine rings is 1. The highest BCUT2D eigenvalue weighted by atomic mass is 14.8.